The van der Waals surface area contributed by atoms with Crippen molar-refractivity contribution in [3.63, 3.8) is 0 Å². The van der Waals surface area contributed by atoms with Gasteiger partial charge in [0.25, 0.3) is 5.69 Å². The molecule has 0 spiro atoms. The molecule has 1 fully saturated rings. The van der Waals surface area contributed by atoms with E-state index in [2.05, 4.69) is 0 Å². The Morgan fingerprint density at radius 2 is 1.23 bits per heavy atom. The van der Waals surface area contributed by atoms with Gasteiger partial charge in [-0.1, -0.05) is 54.6 Å². The van der Waals surface area contributed by atoms with Crippen LogP contribution in [0.5, 0.6) is 0 Å². The van der Waals surface area contributed by atoms with Crippen molar-refractivity contribution in [3.05, 3.63) is 105 Å². The van der Waals surface area contributed by atoms with Gasteiger partial charge in [0.1, 0.15) is 5.69 Å². The first-order chi connectivity index (χ1) is 15.0. The van der Waals surface area contributed by atoms with Gasteiger partial charge in [0.05, 0.1) is 16.8 Å². The third kappa shape index (κ3) is 2.22. The lowest BCUT2D eigenvalue weighted by molar-refractivity contribution is -0.384. The van der Waals surface area contributed by atoms with Gasteiger partial charge in [-0.2, -0.15) is 0 Å². The van der Waals surface area contributed by atoms with Crippen molar-refractivity contribution in [2.75, 3.05) is 4.90 Å². The summed E-state index contributed by atoms with van der Waals surface area (Å²) in [6.45, 7) is 1.75. The molecule has 6 heteroatoms. The average molecular weight is 410 g/mol. The minimum absolute atomic E-state index is 0.0625. The van der Waals surface area contributed by atoms with E-state index in [9.17, 15) is 19.7 Å². The molecule has 2 amide bonds. The van der Waals surface area contributed by atoms with Crippen LogP contribution in [0, 0.1) is 28.9 Å². The number of rotatable bonds is 2. The number of anilines is 1. The summed E-state index contributed by atoms with van der Waals surface area (Å²) < 4.78 is 0. The summed E-state index contributed by atoms with van der Waals surface area (Å²) in [5, 5.41) is 11.7. The molecule has 2 atom stereocenters. The van der Waals surface area contributed by atoms with Crippen LogP contribution in [0.25, 0.3) is 0 Å². The number of carbonyl (C=O) groups is 2. The van der Waals surface area contributed by atoms with Crippen molar-refractivity contribution in [2.45, 2.75) is 18.8 Å². The molecule has 1 heterocycles. The van der Waals surface area contributed by atoms with Crippen molar-refractivity contribution in [2.24, 2.45) is 11.8 Å². The number of benzene rings is 3. The van der Waals surface area contributed by atoms with Crippen LogP contribution < -0.4 is 4.90 Å². The average Bonchev–Trinajstić information content (AvgIpc) is 3.04. The van der Waals surface area contributed by atoms with E-state index in [1.165, 1.54) is 12.1 Å². The van der Waals surface area contributed by atoms with E-state index in [1.54, 1.807) is 13.0 Å². The molecule has 3 aliphatic carbocycles. The highest BCUT2D eigenvalue weighted by Gasteiger charge is 2.62. The maximum Gasteiger partial charge on any atom is 0.293 e. The van der Waals surface area contributed by atoms with Crippen LogP contribution in [0.2, 0.25) is 0 Å². The molecule has 0 N–H and O–H groups in total. The second-order valence-corrected chi connectivity index (χ2v) is 8.53. The van der Waals surface area contributed by atoms with Crippen LogP contribution in [0.1, 0.15) is 39.7 Å². The van der Waals surface area contributed by atoms with Crippen LogP contribution >= 0.6 is 0 Å². The van der Waals surface area contributed by atoms with Gasteiger partial charge in [-0.05, 0) is 40.8 Å². The molecule has 31 heavy (non-hydrogen) atoms. The zero-order valence-corrected chi connectivity index (χ0v) is 16.7. The topological polar surface area (TPSA) is 80.5 Å². The predicted octanol–water partition coefficient (Wildman–Crippen LogP) is 4.30. The van der Waals surface area contributed by atoms with Crippen LogP contribution in [-0.4, -0.2) is 16.7 Å². The van der Waals surface area contributed by atoms with E-state index in [4.69, 9.17) is 0 Å². The van der Waals surface area contributed by atoms with Crippen LogP contribution in [0.15, 0.2) is 66.7 Å². The normalized spacial score (nSPS) is 25.3. The monoisotopic (exact) mass is 410 g/mol. The highest BCUT2D eigenvalue weighted by molar-refractivity contribution is 6.24. The van der Waals surface area contributed by atoms with Gasteiger partial charge >= 0.3 is 0 Å². The Morgan fingerprint density at radius 3 is 1.65 bits per heavy atom. The Kier molecular flexibility index (Phi) is 3.55. The van der Waals surface area contributed by atoms with E-state index < -0.39 is 16.8 Å². The molecule has 7 rings (SSSR count). The van der Waals surface area contributed by atoms with Crippen LogP contribution in [0.3, 0.4) is 0 Å². The fourth-order valence-corrected chi connectivity index (χ4v) is 5.88. The molecule has 4 aliphatic rings. The first kappa shape index (κ1) is 18.0. The molecule has 1 saturated heterocycles. The van der Waals surface area contributed by atoms with E-state index in [0.29, 0.717) is 5.56 Å². The minimum Gasteiger partial charge on any atom is -0.274 e. The van der Waals surface area contributed by atoms with Gasteiger partial charge in [-0.15, -0.1) is 0 Å². The van der Waals surface area contributed by atoms with E-state index >= 15 is 0 Å². The number of nitro groups is 1. The summed E-state index contributed by atoms with van der Waals surface area (Å²) >= 11 is 0. The molecule has 152 valence electrons. The minimum atomic E-state index is -0.553. The summed E-state index contributed by atoms with van der Waals surface area (Å²) in [6.07, 6.45) is 0. The van der Waals surface area contributed by atoms with Gasteiger partial charge < -0.3 is 0 Å². The van der Waals surface area contributed by atoms with E-state index in [1.807, 2.05) is 48.5 Å². The Balaban J connectivity index is 1.57. The first-order valence-corrected chi connectivity index (χ1v) is 10.3. The molecule has 0 saturated carbocycles. The lowest BCUT2D eigenvalue weighted by Crippen LogP contribution is -2.41. The summed E-state index contributed by atoms with van der Waals surface area (Å²) in [5.74, 6) is -2.25. The zero-order chi connectivity index (χ0) is 21.4. The molecule has 3 aromatic rings. The number of hydrogen-bond donors (Lipinski definition) is 0. The molecule has 6 nitrogen and oxygen atoms in total. The Morgan fingerprint density at radius 1 is 0.774 bits per heavy atom. The molecule has 0 unspecified atom stereocenters. The summed E-state index contributed by atoms with van der Waals surface area (Å²) in [7, 11) is 0. The highest BCUT2D eigenvalue weighted by atomic mass is 16.6. The van der Waals surface area contributed by atoms with Crippen molar-refractivity contribution < 1.29 is 14.5 Å². The van der Waals surface area contributed by atoms with Gasteiger partial charge in [0, 0.05) is 17.9 Å². The van der Waals surface area contributed by atoms with Crippen molar-refractivity contribution in [3.8, 4) is 0 Å². The fraction of sp³-hybridized carbons (Fsp3) is 0.200. The number of nitrogens with zero attached hydrogens (tertiary/aromatic N) is 2. The van der Waals surface area contributed by atoms with E-state index in [0.717, 1.165) is 27.2 Å². The molecular weight excluding hydrogens is 392 g/mol. The molecule has 0 aromatic heterocycles. The number of carbonyl (C=O) groups excluding carboxylic acids is 2. The Bertz CT molecular complexity index is 1200. The van der Waals surface area contributed by atoms with Crippen molar-refractivity contribution >= 4 is 23.2 Å². The number of imide groups is 1. The lowest BCUT2D eigenvalue weighted by atomic mass is 9.55. The van der Waals surface area contributed by atoms with Gasteiger partial charge in [0.2, 0.25) is 11.8 Å². The van der Waals surface area contributed by atoms with Gasteiger partial charge in [-0.3, -0.25) is 19.7 Å². The maximum atomic E-state index is 13.7. The second kappa shape index (κ2) is 6.11. The second-order valence-electron chi connectivity index (χ2n) is 8.53. The summed E-state index contributed by atoms with van der Waals surface area (Å²) in [5.41, 5.74) is 4.85. The van der Waals surface area contributed by atoms with Crippen molar-refractivity contribution in [1.29, 1.82) is 0 Å². The third-order valence-electron chi connectivity index (χ3n) is 7.02. The molecule has 1 aliphatic heterocycles. The largest absolute Gasteiger partial charge is 0.293 e. The Labute approximate surface area is 178 Å². The number of amides is 2. The molecular formula is C25H18N2O4. The smallest absolute Gasteiger partial charge is 0.274 e. The number of aryl methyl sites for hydroxylation is 1. The highest BCUT2D eigenvalue weighted by Crippen LogP contribution is 2.61. The van der Waals surface area contributed by atoms with Crippen LogP contribution in [0.4, 0.5) is 11.4 Å². The van der Waals surface area contributed by atoms with Gasteiger partial charge in [0.15, 0.2) is 0 Å². The lowest BCUT2D eigenvalue weighted by Gasteiger charge is -2.45. The standard InChI is InChI=1S/C25H18N2O4/c1-13-10-11-18(19(12-13)27(30)31)26-24(28)22-20-14-6-2-3-7-15(14)21(23(22)25(26)29)17-9-5-4-8-16(17)20/h2-12,20-23H,1H3/t20?,21?,22-,23+. The molecule has 0 radical (unpaired) electrons. The summed E-state index contributed by atoms with van der Waals surface area (Å²) in [6, 6.07) is 20.6. The molecule has 3 aromatic carbocycles. The van der Waals surface area contributed by atoms with Gasteiger partial charge in [-0.25, -0.2) is 4.90 Å². The predicted molar refractivity (Wildman–Crippen MR) is 114 cm³/mol. The van der Waals surface area contributed by atoms with Crippen molar-refractivity contribution in [1.82, 2.24) is 0 Å². The maximum absolute atomic E-state index is 13.7. The number of nitro benzene ring substituents is 1. The third-order valence-corrected chi connectivity index (χ3v) is 7.02. The quantitative estimate of drug-likeness (QED) is 0.358. The zero-order valence-electron chi connectivity index (χ0n) is 16.7. The van der Waals surface area contributed by atoms with E-state index in [-0.39, 0.29) is 35.0 Å². The Hall–Kier alpha value is -3.80. The summed E-state index contributed by atoms with van der Waals surface area (Å²) in [4.78, 5) is 39.7. The van der Waals surface area contributed by atoms with Crippen LogP contribution in [-0.2, 0) is 9.59 Å². The SMILES string of the molecule is Cc1ccc(N2C(=O)[C@@H]3C4c5ccccc5C(c5ccccc54)[C@@H]3C2=O)c([N+](=O)[O-])c1. The number of hydrogen-bond acceptors (Lipinski definition) is 4. The fourth-order valence-electron chi connectivity index (χ4n) is 5.88. The first-order valence-electron chi connectivity index (χ1n) is 10.3. The molecule has 2 bridgehead atoms.